The zero-order valence-corrected chi connectivity index (χ0v) is 14.1. The average Bonchev–Trinajstić information content (AvgIpc) is 3.26. The van der Waals surface area contributed by atoms with Gasteiger partial charge in [0.15, 0.2) is 5.82 Å². The van der Waals surface area contributed by atoms with Gasteiger partial charge in [-0.1, -0.05) is 24.3 Å². The number of hydrogen-bond acceptors (Lipinski definition) is 5. The van der Waals surface area contributed by atoms with Gasteiger partial charge in [-0.3, -0.25) is 14.9 Å². The summed E-state index contributed by atoms with van der Waals surface area (Å²) < 4.78 is 5.50. The van der Waals surface area contributed by atoms with Gasteiger partial charge in [0, 0.05) is 37.9 Å². The minimum Gasteiger partial charge on any atom is -0.380 e. The van der Waals surface area contributed by atoms with Crippen molar-refractivity contribution in [1.29, 1.82) is 0 Å². The van der Waals surface area contributed by atoms with Crippen molar-refractivity contribution < 1.29 is 9.53 Å². The smallest absolute Gasteiger partial charge is 0.256 e. The first-order chi connectivity index (χ1) is 12.2. The Hall–Kier alpha value is -2.80. The first-order valence-corrected chi connectivity index (χ1v) is 8.23. The number of fused-ring (bicyclic) bond motifs is 1. The first-order valence-electron chi connectivity index (χ1n) is 8.23. The summed E-state index contributed by atoms with van der Waals surface area (Å²) in [7, 11) is 1.67. The summed E-state index contributed by atoms with van der Waals surface area (Å²) in [6.07, 6.45) is 4.04. The Morgan fingerprint density at radius 3 is 2.92 bits per heavy atom. The number of pyridine rings is 1. The summed E-state index contributed by atoms with van der Waals surface area (Å²) in [5.74, 6) is 1.28. The molecule has 4 rings (SSSR count). The van der Waals surface area contributed by atoms with Gasteiger partial charge in [0.1, 0.15) is 5.82 Å². The third-order valence-electron chi connectivity index (χ3n) is 4.67. The molecule has 7 nitrogen and oxygen atoms in total. The molecule has 0 unspecified atom stereocenters. The van der Waals surface area contributed by atoms with Gasteiger partial charge in [-0.25, -0.2) is 4.98 Å². The first kappa shape index (κ1) is 15.7. The molecule has 128 valence electrons. The number of hydrogen-bond donors (Lipinski definition) is 1. The van der Waals surface area contributed by atoms with E-state index < -0.39 is 0 Å². The lowest BCUT2D eigenvalue weighted by Gasteiger charge is -2.22. The third kappa shape index (κ3) is 2.76. The Morgan fingerprint density at radius 1 is 1.32 bits per heavy atom. The maximum Gasteiger partial charge on any atom is 0.256 e. The summed E-state index contributed by atoms with van der Waals surface area (Å²) in [5.41, 5.74) is 0.590. The fraction of sp³-hybridized carbons (Fsp3) is 0.333. The van der Waals surface area contributed by atoms with E-state index in [-0.39, 0.29) is 18.1 Å². The van der Waals surface area contributed by atoms with E-state index in [9.17, 15) is 4.79 Å². The third-order valence-corrected chi connectivity index (χ3v) is 4.67. The second kappa shape index (κ2) is 6.25. The molecule has 25 heavy (non-hydrogen) atoms. The SMILES string of the molecule is CO[C@@H]1C[C@@H](c2n[nH]c(C)n2)N(C(=O)c2cncc3ccccc23)C1. The molecule has 1 N–H and O–H groups in total. The maximum absolute atomic E-state index is 13.3. The number of likely N-dealkylation sites (tertiary alicyclic amines) is 1. The molecule has 1 amide bonds. The second-order valence-corrected chi connectivity index (χ2v) is 6.25. The lowest BCUT2D eigenvalue weighted by atomic mass is 10.1. The van der Waals surface area contributed by atoms with Crippen molar-refractivity contribution in [3.8, 4) is 0 Å². The number of nitrogens with one attached hydrogen (secondary N) is 1. The summed E-state index contributed by atoms with van der Waals surface area (Å²) >= 11 is 0. The number of aryl methyl sites for hydroxylation is 1. The summed E-state index contributed by atoms with van der Waals surface area (Å²) in [6, 6.07) is 7.56. The Labute approximate surface area is 145 Å². The number of methoxy groups -OCH3 is 1. The van der Waals surface area contributed by atoms with Gasteiger partial charge >= 0.3 is 0 Å². The van der Waals surface area contributed by atoms with Crippen molar-refractivity contribution in [2.75, 3.05) is 13.7 Å². The largest absolute Gasteiger partial charge is 0.380 e. The predicted molar refractivity (Wildman–Crippen MR) is 92.1 cm³/mol. The molecule has 1 aliphatic heterocycles. The lowest BCUT2D eigenvalue weighted by Crippen LogP contribution is -2.32. The van der Waals surface area contributed by atoms with E-state index in [1.165, 1.54) is 0 Å². The molecule has 7 heteroatoms. The van der Waals surface area contributed by atoms with Gasteiger partial charge in [-0.05, 0) is 12.3 Å². The molecule has 3 heterocycles. The van der Waals surface area contributed by atoms with Crippen LogP contribution in [0.2, 0.25) is 0 Å². The van der Waals surface area contributed by atoms with Crippen molar-refractivity contribution in [3.05, 3.63) is 53.9 Å². The fourth-order valence-electron chi connectivity index (χ4n) is 3.39. The van der Waals surface area contributed by atoms with Crippen LogP contribution >= 0.6 is 0 Å². The molecule has 1 aromatic carbocycles. The van der Waals surface area contributed by atoms with Crippen LogP contribution in [0.1, 0.15) is 34.5 Å². The van der Waals surface area contributed by atoms with E-state index in [2.05, 4.69) is 20.2 Å². The standard InChI is InChI=1S/C18H19N5O2/c1-11-20-17(22-21-11)16-7-13(25-2)10-23(16)18(24)15-9-19-8-12-5-3-4-6-14(12)15/h3-6,8-9,13,16H,7,10H2,1-2H3,(H,20,21,22)/t13-,16+/m1/s1. The molecule has 1 aliphatic rings. The number of carbonyl (C=O) groups is 1. The van der Waals surface area contributed by atoms with Crippen LogP contribution in [0.15, 0.2) is 36.7 Å². The Morgan fingerprint density at radius 2 is 2.16 bits per heavy atom. The molecule has 1 saturated heterocycles. The van der Waals surface area contributed by atoms with Crippen LogP contribution in [0.4, 0.5) is 0 Å². The number of carbonyl (C=O) groups excluding carboxylic acids is 1. The molecule has 0 spiro atoms. The van der Waals surface area contributed by atoms with Crippen molar-refractivity contribution in [3.63, 3.8) is 0 Å². The minimum absolute atomic E-state index is 0.0318. The Balaban J connectivity index is 1.74. The highest BCUT2D eigenvalue weighted by Gasteiger charge is 2.39. The van der Waals surface area contributed by atoms with Crippen molar-refractivity contribution in [2.45, 2.75) is 25.5 Å². The quantitative estimate of drug-likeness (QED) is 0.792. The van der Waals surface area contributed by atoms with Gasteiger partial charge in [-0.15, -0.1) is 0 Å². The van der Waals surface area contributed by atoms with E-state index in [4.69, 9.17) is 4.74 Å². The molecule has 0 radical (unpaired) electrons. The number of aromatic nitrogens is 4. The van der Waals surface area contributed by atoms with Gasteiger partial charge < -0.3 is 9.64 Å². The monoisotopic (exact) mass is 337 g/mol. The molecule has 0 saturated carbocycles. The molecular formula is C18H19N5O2. The highest BCUT2D eigenvalue weighted by Crippen LogP contribution is 2.33. The molecule has 2 atom stereocenters. The Kier molecular flexibility index (Phi) is 3.93. The summed E-state index contributed by atoms with van der Waals surface area (Å²) in [4.78, 5) is 23.7. The van der Waals surface area contributed by atoms with Crippen molar-refractivity contribution in [1.82, 2.24) is 25.1 Å². The molecule has 1 fully saturated rings. The molecule has 0 aliphatic carbocycles. The number of rotatable bonds is 3. The molecule has 0 bridgehead atoms. The molecule has 3 aromatic rings. The van der Waals surface area contributed by atoms with E-state index in [1.54, 1.807) is 24.4 Å². The van der Waals surface area contributed by atoms with Crippen LogP contribution in [-0.4, -0.2) is 50.7 Å². The van der Waals surface area contributed by atoms with Gasteiger partial charge in [0.05, 0.1) is 17.7 Å². The average molecular weight is 337 g/mol. The van der Waals surface area contributed by atoms with Crippen LogP contribution in [0.3, 0.4) is 0 Å². The van der Waals surface area contributed by atoms with Crippen LogP contribution in [0.5, 0.6) is 0 Å². The van der Waals surface area contributed by atoms with Crippen LogP contribution < -0.4 is 0 Å². The number of benzene rings is 1. The summed E-state index contributed by atoms with van der Waals surface area (Å²) in [6.45, 7) is 2.36. The number of amides is 1. The topological polar surface area (TPSA) is 84.0 Å². The van der Waals surface area contributed by atoms with E-state index in [1.807, 2.05) is 31.2 Å². The molecule has 2 aromatic heterocycles. The van der Waals surface area contributed by atoms with E-state index >= 15 is 0 Å². The van der Waals surface area contributed by atoms with Crippen LogP contribution in [0.25, 0.3) is 10.8 Å². The maximum atomic E-state index is 13.3. The van der Waals surface area contributed by atoms with Gasteiger partial charge in [0.25, 0.3) is 5.91 Å². The number of H-pyrrole nitrogens is 1. The zero-order valence-electron chi connectivity index (χ0n) is 14.1. The van der Waals surface area contributed by atoms with Gasteiger partial charge in [-0.2, -0.15) is 5.10 Å². The summed E-state index contributed by atoms with van der Waals surface area (Å²) in [5, 5.41) is 8.95. The Bertz CT molecular complexity index is 917. The van der Waals surface area contributed by atoms with Gasteiger partial charge in [0.2, 0.25) is 0 Å². The number of aromatic amines is 1. The minimum atomic E-state index is -0.207. The lowest BCUT2D eigenvalue weighted by molar-refractivity contribution is 0.0686. The highest BCUT2D eigenvalue weighted by atomic mass is 16.5. The molecular weight excluding hydrogens is 318 g/mol. The van der Waals surface area contributed by atoms with Crippen LogP contribution in [0, 0.1) is 6.92 Å². The zero-order chi connectivity index (χ0) is 17.4. The fourth-order valence-corrected chi connectivity index (χ4v) is 3.39. The van der Waals surface area contributed by atoms with Crippen LogP contribution in [-0.2, 0) is 4.74 Å². The normalized spacial score (nSPS) is 20.3. The predicted octanol–water partition coefficient (Wildman–Crippen LogP) is 2.26. The second-order valence-electron chi connectivity index (χ2n) is 6.25. The highest BCUT2D eigenvalue weighted by molar-refractivity contribution is 6.06. The number of nitrogens with zero attached hydrogens (tertiary/aromatic N) is 4. The van der Waals surface area contributed by atoms with E-state index in [0.29, 0.717) is 24.4 Å². The van der Waals surface area contributed by atoms with Crippen molar-refractivity contribution >= 4 is 16.7 Å². The van der Waals surface area contributed by atoms with Crippen molar-refractivity contribution in [2.24, 2.45) is 0 Å². The number of ether oxygens (including phenoxy) is 1. The van der Waals surface area contributed by atoms with E-state index in [0.717, 1.165) is 16.6 Å².